The number of benzene rings is 1. The number of hydrogen-bond acceptors (Lipinski definition) is 3. The minimum Gasteiger partial charge on any atom is -0.309 e. The highest BCUT2D eigenvalue weighted by molar-refractivity contribution is 7.09. The second kappa shape index (κ2) is 7.19. The van der Waals surface area contributed by atoms with Gasteiger partial charge in [-0.3, -0.25) is 0 Å². The van der Waals surface area contributed by atoms with Crippen LogP contribution in [0.2, 0.25) is 0 Å². The lowest BCUT2D eigenvalue weighted by Gasteiger charge is -2.14. The van der Waals surface area contributed by atoms with E-state index in [2.05, 4.69) is 68.7 Å². The zero-order chi connectivity index (χ0) is 15.3. The van der Waals surface area contributed by atoms with Gasteiger partial charge in [-0.05, 0) is 25.3 Å². The standard InChI is InChI=1S/C18H26N2S/c1-14(10-11-15-8-6-5-7-9-15)19-12-16-13-21-17(20-16)18(2,3)4/h5-9,13-14,19H,10-12H2,1-4H3. The van der Waals surface area contributed by atoms with E-state index < -0.39 is 0 Å². The average Bonchev–Trinajstić information content (AvgIpc) is 2.93. The van der Waals surface area contributed by atoms with Crippen molar-refractivity contribution in [1.29, 1.82) is 0 Å². The Balaban J connectivity index is 1.76. The molecule has 2 aromatic rings. The maximum absolute atomic E-state index is 4.73. The second-order valence-electron chi connectivity index (χ2n) is 6.70. The molecule has 1 N–H and O–H groups in total. The molecule has 1 aromatic heterocycles. The van der Waals surface area contributed by atoms with Crippen LogP contribution in [0.5, 0.6) is 0 Å². The minimum absolute atomic E-state index is 0.155. The van der Waals surface area contributed by atoms with Crippen LogP contribution >= 0.6 is 11.3 Å². The second-order valence-corrected chi connectivity index (χ2v) is 7.56. The van der Waals surface area contributed by atoms with Crippen LogP contribution in [0.1, 0.15) is 50.4 Å². The first-order valence-corrected chi connectivity index (χ1v) is 8.55. The van der Waals surface area contributed by atoms with E-state index in [4.69, 9.17) is 4.98 Å². The van der Waals surface area contributed by atoms with Crippen LogP contribution in [0.25, 0.3) is 0 Å². The highest BCUT2D eigenvalue weighted by atomic mass is 32.1. The van der Waals surface area contributed by atoms with Gasteiger partial charge in [-0.2, -0.15) is 0 Å². The minimum atomic E-state index is 0.155. The lowest BCUT2D eigenvalue weighted by atomic mass is 9.98. The molecule has 0 saturated heterocycles. The van der Waals surface area contributed by atoms with E-state index in [0.29, 0.717) is 6.04 Å². The van der Waals surface area contributed by atoms with E-state index >= 15 is 0 Å². The fourth-order valence-corrected chi connectivity index (χ4v) is 3.05. The maximum atomic E-state index is 4.73. The summed E-state index contributed by atoms with van der Waals surface area (Å²) in [5.74, 6) is 0. The van der Waals surface area contributed by atoms with Gasteiger partial charge in [0, 0.05) is 23.4 Å². The molecule has 0 aliphatic heterocycles. The fourth-order valence-electron chi connectivity index (χ4n) is 2.14. The third kappa shape index (κ3) is 5.25. The van der Waals surface area contributed by atoms with Crippen molar-refractivity contribution in [3.8, 4) is 0 Å². The van der Waals surface area contributed by atoms with Crippen molar-refractivity contribution in [2.75, 3.05) is 0 Å². The molecule has 0 saturated carbocycles. The molecule has 0 aliphatic carbocycles. The summed E-state index contributed by atoms with van der Waals surface area (Å²) in [6.45, 7) is 9.76. The van der Waals surface area contributed by atoms with Crippen LogP contribution < -0.4 is 5.32 Å². The number of aryl methyl sites for hydroxylation is 1. The van der Waals surface area contributed by atoms with Crippen LogP contribution in [-0.2, 0) is 18.4 Å². The van der Waals surface area contributed by atoms with Gasteiger partial charge < -0.3 is 5.32 Å². The highest BCUT2D eigenvalue weighted by Crippen LogP contribution is 2.25. The molecule has 1 aromatic carbocycles. The Bertz CT molecular complexity index is 540. The average molecular weight is 302 g/mol. The molecule has 0 spiro atoms. The fraction of sp³-hybridized carbons (Fsp3) is 0.500. The van der Waals surface area contributed by atoms with Gasteiger partial charge in [0.2, 0.25) is 0 Å². The topological polar surface area (TPSA) is 24.9 Å². The first kappa shape index (κ1) is 16.2. The van der Waals surface area contributed by atoms with E-state index in [9.17, 15) is 0 Å². The SMILES string of the molecule is CC(CCc1ccccc1)NCc1csc(C(C)(C)C)n1. The van der Waals surface area contributed by atoms with Crippen LogP contribution in [-0.4, -0.2) is 11.0 Å². The molecule has 0 bridgehead atoms. The van der Waals surface area contributed by atoms with Crippen molar-refractivity contribution >= 4 is 11.3 Å². The largest absolute Gasteiger partial charge is 0.309 e. The first-order valence-electron chi connectivity index (χ1n) is 7.67. The number of aromatic nitrogens is 1. The summed E-state index contributed by atoms with van der Waals surface area (Å²) >= 11 is 1.77. The molecular formula is C18H26N2S. The number of thiazole rings is 1. The lowest BCUT2D eigenvalue weighted by Crippen LogP contribution is -2.26. The number of nitrogens with one attached hydrogen (secondary N) is 1. The molecule has 1 unspecified atom stereocenters. The summed E-state index contributed by atoms with van der Waals surface area (Å²) in [5, 5.41) is 6.97. The Hall–Kier alpha value is -1.19. The molecule has 21 heavy (non-hydrogen) atoms. The van der Waals surface area contributed by atoms with E-state index in [1.807, 2.05) is 0 Å². The third-order valence-corrected chi connectivity index (χ3v) is 4.85. The van der Waals surface area contributed by atoms with Crippen molar-refractivity contribution in [2.24, 2.45) is 0 Å². The molecule has 0 radical (unpaired) electrons. The Kier molecular flexibility index (Phi) is 5.54. The van der Waals surface area contributed by atoms with E-state index in [0.717, 1.165) is 25.1 Å². The molecule has 2 rings (SSSR count). The van der Waals surface area contributed by atoms with E-state index in [-0.39, 0.29) is 5.41 Å². The van der Waals surface area contributed by atoms with Crippen LogP contribution in [0.4, 0.5) is 0 Å². The predicted molar refractivity (Wildman–Crippen MR) is 91.9 cm³/mol. The number of rotatable bonds is 6. The summed E-state index contributed by atoms with van der Waals surface area (Å²) in [7, 11) is 0. The van der Waals surface area contributed by atoms with Crippen molar-refractivity contribution in [3.05, 3.63) is 52.0 Å². The molecule has 0 aliphatic rings. The van der Waals surface area contributed by atoms with Gasteiger partial charge in [-0.25, -0.2) is 4.98 Å². The maximum Gasteiger partial charge on any atom is 0.0982 e. The van der Waals surface area contributed by atoms with Gasteiger partial charge in [0.1, 0.15) is 0 Å². The number of nitrogens with zero attached hydrogens (tertiary/aromatic N) is 1. The molecular weight excluding hydrogens is 276 g/mol. The Morgan fingerprint density at radius 3 is 2.52 bits per heavy atom. The third-order valence-electron chi connectivity index (χ3n) is 3.53. The van der Waals surface area contributed by atoms with E-state index in [1.165, 1.54) is 10.6 Å². The van der Waals surface area contributed by atoms with Crippen molar-refractivity contribution in [2.45, 2.75) is 58.5 Å². The van der Waals surface area contributed by atoms with Gasteiger partial charge in [0.15, 0.2) is 0 Å². The number of hydrogen-bond donors (Lipinski definition) is 1. The summed E-state index contributed by atoms with van der Waals surface area (Å²) < 4.78 is 0. The lowest BCUT2D eigenvalue weighted by molar-refractivity contribution is 0.508. The molecule has 0 amide bonds. The summed E-state index contributed by atoms with van der Waals surface area (Å²) in [6, 6.07) is 11.2. The normalized spacial score (nSPS) is 13.3. The Labute approximate surface area is 132 Å². The highest BCUT2D eigenvalue weighted by Gasteiger charge is 2.17. The Morgan fingerprint density at radius 2 is 1.90 bits per heavy atom. The van der Waals surface area contributed by atoms with E-state index in [1.54, 1.807) is 11.3 Å². The summed E-state index contributed by atoms with van der Waals surface area (Å²) in [5.41, 5.74) is 2.73. The zero-order valence-corrected chi connectivity index (χ0v) is 14.3. The van der Waals surface area contributed by atoms with Gasteiger partial charge in [-0.1, -0.05) is 51.1 Å². The monoisotopic (exact) mass is 302 g/mol. The molecule has 3 heteroatoms. The van der Waals surface area contributed by atoms with Crippen LogP contribution in [0, 0.1) is 0 Å². The Morgan fingerprint density at radius 1 is 1.19 bits per heavy atom. The van der Waals surface area contributed by atoms with Gasteiger partial charge in [0.05, 0.1) is 10.7 Å². The van der Waals surface area contributed by atoms with Gasteiger partial charge in [0.25, 0.3) is 0 Å². The quantitative estimate of drug-likeness (QED) is 0.846. The summed E-state index contributed by atoms with van der Waals surface area (Å²) in [6.07, 6.45) is 2.28. The zero-order valence-electron chi connectivity index (χ0n) is 13.5. The van der Waals surface area contributed by atoms with Crippen molar-refractivity contribution < 1.29 is 0 Å². The summed E-state index contributed by atoms with van der Waals surface area (Å²) in [4.78, 5) is 4.73. The molecule has 2 nitrogen and oxygen atoms in total. The smallest absolute Gasteiger partial charge is 0.0982 e. The first-order chi connectivity index (χ1) is 9.95. The predicted octanol–water partition coefficient (Wildman–Crippen LogP) is 4.55. The van der Waals surface area contributed by atoms with Crippen LogP contribution in [0.15, 0.2) is 35.7 Å². The van der Waals surface area contributed by atoms with Gasteiger partial charge in [-0.15, -0.1) is 11.3 Å². The van der Waals surface area contributed by atoms with Crippen molar-refractivity contribution in [3.63, 3.8) is 0 Å². The molecule has 1 atom stereocenters. The molecule has 114 valence electrons. The van der Waals surface area contributed by atoms with Crippen LogP contribution in [0.3, 0.4) is 0 Å². The molecule has 0 fully saturated rings. The van der Waals surface area contributed by atoms with Crippen molar-refractivity contribution in [1.82, 2.24) is 10.3 Å². The van der Waals surface area contributed by atoms with Gasteiger partial charge >= 0.3 is 0 Å². The molecule has 1 heterocycles.